The fourth-order valence-electron chi connectivity index (χ4n) is 5.59. The molecule has 5 aromatic rings. The maximum Gasteiger partial charge on any atom is 0.331 e. The van der Waals surface area contributed by atoms with Gasteiger partial charge in [-0.2, -0.15) is 0 Å². The molecule has 5 heteroatoms. The van der Waals surface area contributed by atoms with Gasteiger partial charge in [0.2, 0.25) is 5.91 Å². The van der Waals surface area contributed by atoms with E-state index in [0.717, 1.165) is 27.8 Å². The van der Waals surface area contributed by atoms with Gasteiger partial charge in [-0.25, -0.2) is 4.79 Å². The molecule has 46 heavy (non-hydrogen) atoms. The Hall–Kier alpha value is -5.29. The van der Waals surface area contributed by atoms with Crippen LogP contribution >= 0.6 is 0 Å². The zero-order valence-corrected chi connectivity index (χ0v) is 26.6. The lowest BCUT2D eigenvalue weighted by atomic mass is 9.77. The molecule has 0 saturated heterocycles. The fraction of sp³-hybridized carbons (Fsp3) is 0.195. The predicted molar refractivity (Wildman–Crippen MR) is 185 cm³/mol. The van der Waals surface area contributed by atoms with E-state index in [-0.39, 0.29) is 18.7 Å². The highest BCUT2D eigenvalue weighted by Gasteiger charge is 2.38. The summed E-state index contributed by atoms with van der Waals surface area (Å²) in [6, 6.07) is 48.6. The minimum absolute atomic E-state index is 0.0541. The van der Waals surface area contributed by atoms with Gasteiger partial charge in [0.1, 0.15) is 17.2 Å². The first-order chi connectivity index (χ1) is 22.3. The number of carbonyl (C=O) groups excluding carboxylic acids is 2. The van der Waals surface area contributed by atoms with Crippen molar-refractivity contribution in [2.24, 2.45) is 4.99 Å². The Bertz CT molecular complexity index is 1590. The van der Waals surface area contributed by atoms with Gasteiger partial charge in [0.15, 0.2) is 0 Å². The Morgan fingerprint density at radius 3 is 1.35 bits per heavy atom. The van der Waals surface area contributed by atoms with Gasteiger partial charge in [-0.3, -0.25) is 9.79 Å². The average Bonchev–Trinajstić information content (AvgIpc) is 3.08. The van der Waals surface area contributed by atoms with Crippen LogP contribution in [0.4, 0.5) is 0 Å². The third-order valence-electron chi connectivity index (χ3n) is 7.65. The molecular formula is C41H40N2O3. The minimum atomic E-state index is -0.954. The third-order valence-corrected chi connectivity index (χ3v) is 7.65. The Balaban J connectivity index is 1.52. The van der Waals surface area contributed by atoms with Crippen molar-refractivity contribution in [3.05, 3.63) is 179 Å². The molecule has 0 heterocycles. The summed E-state index contributed by atoms with van der Waals surface area (Å²) in [7, 11) is 0. The quantitative estimate of drug-likeness (QED) is 0.0936. The van der Waals surface area contributed by atoms with Crippen LogP contribution in [-0.4, -0.2) is 29.2 Å². The topological polar surface area (TPSA) is 67.8 Å². The van der Waals surface area contributed by atoms with Crippen molar-refractivity contribution in [1.82, 2.24) is 5.32 Å². The molecule has 5 aromatic carbocycles. The van der Waals surface area contributed by atoms with E-state index < -0.39 is 23.2 Å². The maximum absolute atomic E-state index is 14.1. The van der Waals surface area contributed by atoms with E-state index in [4.69, 9.17) is 9.73 Å². The molecule has 0 bridgehead atoms. The first kappa shape index (κ1) is 32.1. The van der Waals surface area contributed by atoms with Crippen LogP contribution in [0.3, 0.4) is 0 Å². The summed E-state index contributed by atoms with van der Waals surface area (Å²) in [5, 5.41) is 3.40. The maximum atomic E-state index is 14.1. The van der Waals surface area contributed by atoms with Crippen LogP contribution in [-0.2, 0) is 19.9 Å². The lowest BCUT2D eigenvalue weighted by Gasteiger charge is -2.37. The first-order valence-electron chi connectivity index (χ1n) is 15.7. The van der Waals surface area contributed by atoms with Gasteiger partial charge >= 0.3 is 5.97 Å². The average molecular weight is 609 g/mol. The molecule has 1 amide bonds. The normalized spacial score (nSPS) is 12.1. The van der Waals surface area contributed by atoms with Crippen LogP contribution in [0.25, 0.3) is 0 Å². The Kier molecular flexibility index (Phi) is 10.2. The molecule has 0 aliphatic heterocycles. The Morgan fingerprint density at radius 2 is 0.978 bits per heavy atom. The smallest absolute Gasteiger partial charge is 0.331 e. The van der Waals surface area contributed by atoms with Crippen LogP contribution in [0.5, 0.6) is 0 Å². The monoisotopic (exact) mass is 608 g/mol. The molecule has 0 fully saturated rings. The van der Waals surface area contributed by atoms with E-state index in [0.29, 0.717) is 5.71 Å². The molecule has 5 nitrogen and oxygen atoms in total. The summed E-state index contributed by atoms with van der Waals surface area (Å²) in [5.74, 6) is -0.675. The van der Waals surface area contributed by atoms with Crippen LogP contribution in [0, 0.1) is 0 Å². The molecule has 0 aromatic heterocycles. The number of nitrogens with one attached hydrogen (secondary N) is 1. The van der Waals surface area contributed by atoms with Crippen molar-refractivity contribution in [3.63, 3.8) is 0 Å². The number of aliphatic imine (C=N–C) groups is 1. The molecule has 232 valence electrons. The Morgan fingerprint density at radius 1 is 0.609 bits per heavy atom. The zero-order valence-electron chi connectivity index (χ0n) is 26.6. The van der Waals surface area contributed by atoms with Crippen molar-refractivity contribution in [2.45, 2.75) is 50.8 Å². The van der Waals surface area contributed by atoms with E-state index in [1.165, 1.54) is 0 Å². The molecule has 1 N–H and O–H groups in total. The molecule has 0 saturated carbocycles. The first-order valence-corrected chi connectivity index (χ1v) is 15.7. The largest absolute Gasteiger partial charge is 0.458 e. The number of esters is 1. The van der Waals surface area contributed by atoms with E-state index in [9.17, 15) is 9.59 Å². The van der Waals surface area contributed by atoms with E-state index in [1.54, 1.807) is 0 Å². The highest BCUT2D eigenvalue weighted by molar-refractivity contribution is 6.13. The summed E-state index contributed by atoms with van der Waals surface area (Å²) >= 11 is 0. The zero-order chi connectivity index (χ0) is 32.4. The van der Waals surface area contributed by atoms with Crippen LogP contribution in [0.1, 0.15) is 61.4 Å². The van der Waals surface area contributed by atoms with E-state index >= 15 is 0 Å². The highest BCUT2D eigenvalue weighted by Crippen LogP contribution is 2.37. The van der Waals surface area contributed by atoms with Gasteiger partial charge in [-0.15, -0.1) is 0 Å². The second-order valence-electron chi connectivity index (χ2n) is 12.2. The van der Waals surface area contributed by atoms with Crippen molar-refractivity contribution in [2.75, 3.05) is 0 Å². The summed E-state index contributed by atoms with van der Waals surface area (Å²) in [6.45, 7) is 5.50. The summed E-state index contributed by atoms with van der Waals surface area (Å²) in [6.07, 6.45) is 0.219. The SMILES string of the molecule is CC(C)(C)OC(=O)C(CCC(=O)NC(c1ccccc1)(c1ccccc1)c1ccccc1)N=C(c1ccccc1)c1ccccc1. The third kappa shape index (κ3) is 7.86. The number of carbonyl (C=O) groups is 2. The van der Waals surface area contributed by atoms with Crippen molar-refractivity contribution < 1.29 is 14.3 Å². The molecular weight excluding hydrogens is 568 g/mol. The molecule has 0 radical (unpaired) electrons. The van der Waals surface area contributed by atoms with Crippen molar-refractivity contribution in [3.8, 4) is 0 Å². The molecule has 0 aliphatic rings. The summed E-state index contributed by atoms with van der Waals surface area (Å²) in [4.78, 5) is 32.8. The van der Waals surface area contributed by atoms with Gasteiger partial charge in [0.25, 0.3) is 0 Å². The highest BCUT2D eigenvalue weighted by atomic mass is 16.6. The van der Waals surface area contributed by atoms with E-state index in [2.05, 4.69) is 5.32 Å². The number of benzene rings is 5. The van der Waals surface area contributed by atoms with Gasteiger partial charge in [0, 0.05) is 17.5 Å². The molecule has 0 aliphatic carbocycles. The van der Waals surface area contributed by atoms with Crippen LogP contribution < -0.4 is 5.32 Å². The predicted octanol–water partition coefficient (Wildman–Crippen LogP) is 8.12. The number of ether oxygens (including phenoxy) is 1. The lowest BCUT2D eigenvalue weighted by Crippen LogP contribution is -2.48. The number of hydrogen-bond acceptors (Lipinski definition) is 4. The summed E-state index contributed by atoms with van der Waals surface area (Å²) < 4.78 is 5.84. The van der Waals surface area contributed by atoms with Crippen molar-refractivity contribution >= 4 is 17.6 Å². The number of hydrogen-bond donors (Lipinski definition) is 1. The van der Waals surface area contributed by atoms with Crippen LogP contribution in [0.15, 0.2) is 157 Å². The van der Waals surface area contributed by atoms with Gasteiger partial charge in [0.05, 0.1) is 5.71 Å². The van der Waals surface area contributed by atoms with Gasteiger partial charge in [-0.05, 0) is 43.9 Å². The van der Waals surface area contributed by atoms with Gasteiger partial charge in [-0.1, -0.05) is 152 Å². The molecule has 0 spiro atoms. The Labute approximate surface area is 272 Å². The molecule has 1 atom stereocenters. The van der Waals surface area contributed by atoms with E-state index in [1.807, 2.05) is 172 Å². The second-order valence-corrected chi connectivity index (χ2v) is 12.2. The standard InChI is InChI=1S/C41H40N2O3/c1-40(2,3)46-39(45)36(42-38(31-19-9-4-10-20-31)32-21-11-5-12-22-32)29-30-37(44)43-41(33-23-13-6-14-24-33,34-25-15-7-16-26-34)35-27-17-8-18-28-35/h4-28,36H,29-30H2,1-3H3,(H,43,44). The second kappa shape index (κ2) is 14.7. The molecule has 5 rings (SSSR count). The van der Waals surface area contributed by atoms with Crippen molar-refractivity contribution in [1.29, 1.82) is 0 Å². The van der Waals surface area contributed by atoms with Gasteiger partial charge < -0.3 is 10.1 Å². The minimum Gasteiger partial charge on any atom is -0.458 e. The number of amides is 1. The fourth-order valence-corrected chi connectivity index (χ4v) is 5.59. The summed E-state index contributed by atoms with van der Waals surface area (Å²) in [5.41, 5.74) is 3.55. The lowest BCUT2D eigenvalue weighted by molar-refractivity contribution is -0.156. The number of rotatable bonds is 11. The molecule has 1 unspecified atom stereocenters. The van der Waals surface area contributed by atoms with Crippen LogP contribution in [0.2, 0.25) is 0 Å². The number of nitrogens with zero attached hydrogens (tertiary/aromatic N) is 1.